The molecule has 0 fully saturated rings. The number of carbonyl (C=O) groups is 2. The first kappa shape index (κ1) is 33.0. The first-order valence-corrected chi connectivity index (χ1v) is 15.4. The molecule has 1 aliphatic carbocycles. The van der Waals surface area contributed by atoms with E-state index in [4.69, 9.17) is 4.74 Å². The van der Waals surface area contributed by atoms with Crippen LogP contribution in [0.15, 0.2) is 41.5 Å². The van der Waals surface area contributed by atoms with E-state index in [2.05, 4.69) is 55.3 Å². The molecule has 0 aliphatic heterocycles. The summed E-state index contributed by atoms with van der Waals surface area (Å²) < 4.78 is 5.25. The predicted octanol–water partition coefficient (Wildman–Crippen LogP) is 7.08. The van der Waals surface area contributed by atoms with Gasteiger partial charge >= 0.3 is 5.97 Å². The molecule has 0 spiro atoms. The van der Waals surface area contributed by atoms with Crippen molar-refractivity contribution in [3.63, 3.8) is 0 Å². The number of benzene rings is 1. The molecule has 0 radical (unpaired) electrons. The van der Waals surface area contributed by atoms with Crippen LogP contribution in [-0.4, -0.2) is 56.5 Å². The van der Waals surface area contributed by atoms with E-state index in [-0.39, 0.29) is 17.7 Å². The van der Waals surface area contributed by atoms with Crippen molar-refractivity contribution in [3.05, 3.63) is 58.2 Å². The Morgan fingerprint density at radius 3 is 2.59 bits per heavy atom. The number of carbonyl (C=O) groups excluding carboxylic acids is 2. The number of aryl methyl sites for hydroxylation is 1. The Hall–Kier alpha value is -2.24. The monoisotopic (exact) mass is 538 g/mol. The lowest BCUT2D eigenvalue weighted by Crippen LogP contribution is -2.29. The Morgan fingerprint density at radius 1 is 1.13 bits per heavy atom. The molecule has 0 amide bonds. The van der Waals surface area contributed by atoms with Gasteiger partial charge in [0.15, 0.2) is 5.78 Å². The molecule has 5 nitrogen and oxygen atoms in total. The number of esters is 1. The SMILES string of the molecule is CCCN(CCc1ccc(C(=O)CCCC(CC)CCNC)cc1C)CC1=CCCC(C(C)C(=O)OCC)=C1. The summed E-state index contributed by atoms with van der Waals surface area (Å²) in [4.78, 5) is 27.6. The molecule has 0 saturated carbocycles. The normalized spacial score (nSPS) is 15.1. The molecule has 1 N–H and O–H groups in total. The second kappa shape index (κ2) is 18.2. The Morgan fingerprint density at radius 2 is 1.92 bits per heavy atom. The lowest BCUT2D eigenvalue weighted by atomic mass is 9.90. The quantitative estimate of drug-likeness (QED) is 0.151. The van der Waals surface area contributed by atoms with Gasteiger partial charge in [-0.15, -0.1) is 0 Å². The maximum atomic E-state index is 12.9. The van der Waals surface area contributed by atoms with Crippen molar-refractivity contribution in [1.82, 2.24) is 10.2 Å². The third kappa shape index (κ3) is 11.4. The zero-order valence-electron chi connectivity index (χ0n) is 25.6. The first-order valence-electron chi connectivity index (χ1n) is 15.4. The summed E-state index contributed by atoms with van der Waals surface area (Å²) in [5.74, 6) is 0.670. The van der Waals surface area contributed by atoms with E-state index in [1.165, 1.54) is 35.1 Å². The van der Waals surface area contributed by atoms with E-state index in [9.17, 15) is 9.59 Å². The average molecular weight is 539 g/mol. The minimum absolute atomic E-state index is 0.123. The molecule has 1 aromatic rings. The molecule has 1 aliphatic rings. The molecule has 1 aromatic carbocycles. The summed E-state index contributed by atoms with van der Waals surface area (Å²) in [6, 6.07) is 6.28. The summed E-state index contributed by atoms with van der Waals surface area (Å²) in [6.45, 7) is 14.8. The number of ether oxygens (including phenoxy) is 1. The molecular weight excluding hydrogens is 484 g/mol. The molecule has 0 heterocycles. The van der Waals surface area contributed by atoms with Crippen LogP contribution in [-0.2, 0) is 16.0 Å². The van der Waals surface area contributed by atoms with Crippen molar-refractivity contribution < 1.29 is 14.3 Å². The van der Waals surface area contributed by atoms with Gasteiger partial charge in [-0.2, -0.15) is 0 Å². The topological polar surface area (TPSA) is 58.6 Å². The van der Waals surface area contributed by atoms with Crippen molar-refractivity contribution >= 4 is 11.8 Å². The highest BCUT2D eigenvalue weighted by Gasteiger charge is 2.21. The van der Waals surface area contributed by atoms with Crippen molar-refractivity contribution in [2.75, 3.05) is 39.8 Å². The lowest BCUT2D eigenvalue weighted by Gasteiger charge is -2.25. The molecular formula is C34H54N2O3. The second-order valence-electron chi connectivity index (χ2n) is 11.2. The maximum absolute atomic E-state index is 12.9. The van der Waals surface area contributed by atoms with Crippen LogP contribution in [0.3, 0.4) is 0 Å². The highest BCUT2D eigenvalue weighted by molar-refractivity contribution is 5.96. The zero-order chi connectivity index (χ0) is 28.6. The van der Waals surface area contributed by atoms with Crippen LogP contribution in [0.1, 0.15) is 101 Å². The standard InChI is InChI=1S/C34H54N2O3/c1-7-21-36(25-29-13-10-14-31(24-29)27(5)34(38)39-9-3)22-19-30-16-17-32(23-26(30)4)33(37)15-11-12-28(8-2)18-20-35-6/h13,16-17,23-24,27-28,35H,7-12,14-15,18-22,25H2,1-6H3. The van der Waals surface area contributed by atoms with E-state index in [0.29, 0.717) is 18.9 Å². The summed E-state index contributed by atoms with van der Waals surface area (Å²) >= 11 is 0. The molecule has 218 valence electrons. The van der Waals surface area contributed by atoms with E-state index < -0.39 is 0 Å². The number of ketones is 1. The molecule has 5 heteroatoms. The summed E-state index contributed by atoms with van der Waals surface area (Å²) in [7, 11) is 2.00. The van der Waals surface area contributed by atoms with Gasteiger partial charge in [-0.25, -0.2) is 0 Å². The van der Waals surface area contributed by atoms with Crippen LogP contribution in [0.4, 0.5) is 0 Å². The molecule has 0 bridgehead atoms. The van der Waals surface area contributed by atoms with Crippen LogP contribution in [0.2, 0.25) is 0 Å². The van der Waals surface area contributed by atoms with E-state index in [0.717, 1.165) is 70.3 Å². The maximum Gasteiger partial charge on any atom is 0.312 e. The van der Waals surface area contributed by atoms with Crippen molar-refractivity contribution in [2.45, 2.75) is 92.4 Å². The van der Waals surface area contributed by atoms with Gasteiger partial charge < -0.3 is 10.1 Å². The largest absolute Gasteiger partial charge is 0.466 e. The number of Topliss-reactive ketones (excluding diaryl/α,β-unsaturated/α-hetero) is 1. The Kier molecular flexibility index (Phi) is 15.4. The van der Waals surface area contributed by atoms with Gasteiger partial charge in [0.2, 0.25) is 0 Å². The van der Waals surface area contributed by atoms with Gasteiger partial charge in [0.1, 0.15) is 0 Å². The Labute approximate surface area is 238 Å². The molecule has 2 atom stereocenters. The minimum Gasteiger partial charge on any atom is -0.466 e. The number of hydrogen-bond acceptors (Lipinski definition) is 5. The highest BCUT2D eigenvalue weighted by Crippen LogP contribution is 2.26. The van der Waals surface area contributed by atoms with Crippen LogP contribution < -0.4 is 5.32 Å². The number of rotatable bonds is 19. The highest BCUT2D eigenvalue weighted by atomic mass is 16.5. The van der Waals surface area contributed by atoms with E-state index in [1.807, 2.05) is 27.0 Å². The number of hydrogen-bond donors (Lipinski definition) is 1. The van der Waals surface area contributed by atoms with Crippen molar-refractivity contribution in [1.29, 1.82) is 0 Å². The van der Waals surface area contributed by atoms with E-state index >= 15 is 0 Å². The van der Waals surface area contributed by atoms with Crippen molar-refractivity contribution in [2.24, 2.45) is 11.8 Å². The Bertz CT molecular complexity index is 965. The zero-order valence-corrected chi connectivity index (χ0v) is 25.6. The van der Waals surface area contributed by atoms with Crippen LogP contribution in [0.25, 0.3) is 0 Å². The van der Waals surface area contributed by atoms with Gasteiger partial charge in [-0.05, 0) is 115 Å². The van der Waals surface area contributed by atoms with Crippen molar-refractivity contribution in [3.8, 4) is 0 Å². The smallest absolute Gasteiger partial charge is 0.312 e. The number of nitrogens with one attached hydrogen (secondary N) is 1. The summed E-state index contributed by atoms with van der Waals surface area (Å²) in [6.07, 6.45) is 13.6. The third-order valence-corrected chi connectivity index (χ3v) is 8.11. The van der Waals surface area contributed by atoms with Crippen LogP contribution in [0, 0.1) is 18.8 Å². The van der Waals surface area contributed by atoms with Crippen LogP contribution in [0.5, 0.6) is 0 Å². The summed E-state index contributed by atoms with van der Waals surface area (Å²) in [5.41, 5.74) is 5.86. The fraction of sp³-hybridized carbons (Fsp3) is 0.647. The van der Waals surface area contributed by atoms with Gasteiger partial charge in [-0.3, -0.25) is 14.5 Å². The lowest BCUT2D eigenvalue weighted by molar-refractivity contribution is -0.146. The number of allylic oxidation sites excluding steroid dienone is 1. The molecule has 2 rings (SSSR count). The molecule has 39 heavy (non-hydrogen) atoms. The van der Waals surface area contributed by atoms with Gasteiger partial charge in [0.05, 0.1) is 12.5 Å². The van der Waals surface area contributed by atoms with Gasteiger partial charge in [-0.1, -0.05) is 50.1 Å². The van der Waals surface area contributed by atoms with E-state index in [1.54, 1.807) is 0 Å². The van der Waals surface area contributed by atoms with Gasteiger partial charge in [0, 0.05) is 25.1 Å². The Balaban J connectivity index is 1.92. The fourth-order valence-corrected chi connectivity index (χ4v) is 5.53. The molecule has 0 aromatic heterocycles. The summed E-state index contributed by atoms with van der Waals surface area (Å²) in [5, 5.41) is 3.24. The predicted molar refractivity (Wildman–Crippen MR) is 163 cm³/mol. The average Bonchev–Trinajstić information content (AvgIpc) is 2.93. The second-order valence-corrected chi connectivity index (χ2v) is 11.2. The van der Waals surface area contributed by atoms with Crippen LogP contribution >= 0.6 is 0 Å². The third-order valence-electron chi connectivity index (χ3n) is 8.11. The molecule has 0 saturated heterocycles. The fourth-order valence-electron chi connectivity index (χ4n) is 5.53. The van der Waals surface area contributed by atoms with Gasteiger partial charge in [0.25, 0.3) is 0 Å². The number of nitrogens with zero attached hydrogens (tertiary/aromatic N) is 1. The molecule has 2 unspecified atom stereocenters. The first-order chi connectivity index (χ1) is 18.8. The minimum atomic E-state index is -0.177.